The second-order valence-corrected chi connectivity index (χ2v) is 6.99. The van der Waals surface area contributed by atoms with Crippen LogP contribution in [0.15, 0.2) is 53.5 Å². The zero-order valence-electron chi connectivity index (χ0n) is 16.8. The molecule has 0 aliphatic rings. The molecule has 7 heteroatoms. The molecule has 0 heterocycles. The molecule has 0 radical (unpaired) electrons. The Morgan fingerprint density at radius 1 is 1.00 bits per heavy atom. The number of amides is 1. The molecule has 0 bridgehead atoms. The SMILES string of the molecule is CCNC(=NCc1ccc(C(=O)N(C)C)cc1)N(C)Cc1ccc(Cl)cc1.I. The van der Waals surface area contributed by atoms with Gasteiger partial charge in [0.25, 0.3) is 5.91 Å². The van der Waals surface area contributed by atoms with Crippen LogP contribution in [0.1, 0.15) is 28.4 Å². The summed E-state index contributed by atoms with van der Waals surface area (Å²) in [7, 11) is 5.51. The Labute approximate surface area is 189 Å². The van der Waals surface area contributed by atoms with Crippen molar-refractivity contribution < 1.29 is 4.79 Å². The van der Waals surface area contributed by atoms with E-state index in [2.05, 4.69) is 10.2 Å². The summed E-state index contributed by atoms with van der Waals surface area (Å²) in [5.41, 5.74) is 2.90. The second-order valence-electron chi connectivity index (χ2n) is 6.55. The Morgan fingerprint density at radius 3 is 2.11 bits per heavy atom. The molecule has 0 saturated heterocycles. The molecule has 0 aliphatic carbocycles. The number of carbonyl (C=O) groups excluding carboxylic acids is 1. The Morgan fingerprint density at radius 2 is 1.57 bits per heavy atom. The minimum absolute atomic E-state index is 0. The molecule has 0 saturated carbocycles. The first-order valence-electron chi connectivity index (χ1n) is 8.95. The Kier molecular flexibility index (Phi) is 10.3. The first-order chi connectivity index (χ1) is 12.9. The smallest absolute Gasteiger partial charge is 0.253 e. The average Bonchev–Trinajstić information content (AvgIpc) is 2.66. The van der Waals surface area contributed by atoms with Crippen molar-refractivity contribution in [3.8, 4) is 0 Å². The van der Waals surface area contributed by atoms with E-state index in [1.807, 2.05) is 62.5 Å². The number of nitrogens with one attached hydrogen (secondary N) is 1. The van der Waals surface area contributed by atoms with Crippen molar-refractivity contribution in [1.29, 1.82) is 0 Å². The first-order valence-corrected chi connectivity index (χ1v) is 9.33. The van der Waals surface area contributed by atoms with Gasteiger partial charge in [-0.05, 0) is 42.3 Å². The quantitative estimate of drug-likeness (QED) is 0.356. The number of halogens is 2. The predicted octanol–water partition coefficient (Wildman–Crippen LogP) is 4.26. The van der Waals surface area contributed by atoms with Gasteiger partial charge >= 0.3 is 0 Å². The van der Waals surface area contributed by atoms with E-state index in [4.69, 9.17) is 16.6 Å². The van der Waals surface area contributed by atoms with Crippen molar-refractivity contribution in [3.05, 3.63) is 70.2 Å². The van der Waals surface area contributed by atoms with Crippen LogP contribution in [-0.2, 0) is 13.1 Å². The molecule has 0 unspecified atom stereocenters. The number of benzene rings is 2. The van der Waals surface area contributed by atoms with Gasteiger partial charge in [0.1, 0.15) is 0 Å². The van der Waals surface area contributed by atoms with E-state index >= 15 is 0 Å². The van der Waals surface area contributed by atoms with Gasteiger partial charge in [-0.2, -0.15) is 0 Å². The monoisotopic (exact) mass is 514 g/mol. The van der Waals surface area contributed by atoms with Gasteiger partial charge in [-0.1, -0.05) is 35.9 Å². The van der Waals surface area contributed by atoms with E-state index in [9.17, 15) is 4.79 Å². The molecule has 0 spiro atoms. The fraction of sp³-hybridized carbons (Fsp3) is 0.333. The molecule has 5 nitrogen and oxygen atoms in total. The molecule has 0 atom stereocenters. The molecular formula is C21H28ClIN4O. The van der Waals surface area contributed by atoms with Gasteiger partial charge in [-0.3, -0.25) is 4.79 Å². The van der Waals surface area contributed by atoms with Gasteiger partial charge in [0, 0.05) is 44.8 Å². The van der Waals surface area contributed by atoms with Crippen LogP contribution in [-0.4, -0.2) is 49.4 Å². The fourth-order valence-electron chi connectivity index (χ4n) is 2.59. The number of nitrogens with zero attached hydrogens (tertiary/aromatic N) is 3. The summed E-state index contributed by atoms with van der Waals surface area (Å²) in [6.45, 7) is 4.12. The molecule has 2 rings (SSSR count). The highest BCUT2D eigenvalue weighted by atomic mass is 127. The number of carbonyl (C=O) groups is 1. The lowest BCUT2D eigenvalue weighted by Crippen LogP contribution is -2.38. The molecular weight excluding hydrogens is 487 g/mol. The van der Waals surface area contributed by atoms with Crippen LogP contribution in [0.5, 0.6) is 0 Å². The maximum Gasteiger partial charge on any atom is 0.253 e. The number of guanidine groups is 1. The highest BCUT2D eigenvalue weighted by Crippen LogP contribution is 2.12. The van der Waals surface area contributed by atoms with Crippen LogP contribution >= 0.6 is 35.6 Å². The van der Waals surface area contributed by atoms with Crippen LogP contribution in [0.4, 0.5) is 0 Å². The largest absolute Gasteiger partial charge is 0.357 e. The molecule has 0 aromatic heterocycles. The van der Waals surface area contributed by atoms with Crippen molar-refractivity contribution in [2.45, 2.75) is 20.0 Å². The highest BCUT2D eigenvalue weighted by molar-refractivity contribution is 14.0. The Balaban J connectivity index is 0.00000392. The normalized spacial score (nSPS) is 10.8. The summed E-state index contributed by atoms with van der Waals surface area (Å²) in [5, 5.41) is 4.05. The van der Waals surface area contributed by atoms with Gasteiger partial charge in [0.05, 0.1) is 6.54 Å². The summed E-state index contributed by atoms with van der Waals surface area (Å²) < 4.78 is 0. The number of rotatable bonds is 6. The summed E-state index contributed by atoms with van der Waals surface area (Å²) in [6, 6.07) is 15.4. The van der Waals surface area contributed by atoms with Crippen molar-refractivity contribution in [3.63, 3.8) is 0 Å². The molecule has 2 aromatic rings. The standard InChI is InChI=1S/C21H27ClN4O.HI/c1-5-23-21(26(4)15-17-8-12-19(22)13-9-17)24-14-16-6-10-18(11-7-16)20(27)25(2)3;/h6-13H,5,14-15H2,1-4H3,(H,23,24);1H. The number of hydrogen-bond acceptors (Lipinski definition) is 2. The molecule has 0 aliphatic heterocycles. The third-order valence-electron chi connectivity index (χ3n) is 4.05. The van der Waals surface area contributed by atoms with Crippen LogP contribution in [0.3, 0.4) is 0 Å². The summed E-state index contributed by atoms with van der Waals surface area (Å²) in [6.07, 6.45) is 0. The van der Waals surface area contributed by atoms with E-state index in [1.165, 1.54) is 5.56 Å². The van der Waals surface area contributed by atoms with E-state index in [0.717, 1.165) is 29.6 Å². The van der Waals surface area contributed by atoms with Crippen LogP contribution < -0.4 is 5.32 Å². The molecule has 28 heavy (non-hydrogen) atoms. The van der Waals surface area contributed by atoms with Gasteiger partial charge in [-0.25, -0.2) is 4.99 Å². The topological polar surface area (TPSA) is 47.9 Å². The maximum atomic E-state index is 12.0. The number of aliphatic imine (C=N–C) groups is 1. The first kappa shape index (κ1) is 24.2. The van der Waals surface area contributed by atoms with Crippen molar-refractivity contribution in [2.75, 3.05) is 27.7 Å². The maximum absolute atomic E-state index is 12.0. The minimum atomic E-state index is 0. The summed E-state index contributed by atoms with van der Waals surface area (Å²) in [5.74, 6) is 0.835. The number of hydrogen-bond donors (Lipinski definition) is 1. The van der Waals surface area contributed by atoms with Gasteiger partial charge in [0.15, 0.2) is 5.96 Å². The van der Waals surface area contributed by atoms with E-state index < -0.39 is 0 Å². The Bertz CT molecular complexity index is 776. The van der Waals surface area contributed by atoms with E-state index in [1.54, 1.807) is 19.0 Å². The minimum Gasteiger partial charge on any atom is -0.357 e. The molecule has 152 valence electrons. The van der Waals surface area contributed by atoms with Crippen LogP contribution in [0.2, 0.25) is 5.02 Å². The average molecular weight is 515 g/mol. The Hall–Kier alpha value is -1.80. The molecule has 2 aromatic carbocycles. The van der Waals surface area contributed by atoms with Crippen molar-refractivity contribution in [2.24, 2.45) is 4.99 Å². The zero-order chi connectivity index (χ0) is 19.8. The molecule has 1 N–H and O–H groups in total. The third-order valence-corrected chi connectivity index (χ3v) is 4.30. The summed E-state index contributed by atoms with van der Waals surface area (Å²) in [4.78, 5) is 20.3. The highest BCUT2D eigenvalue weighted by Gasteiger charge is 2.09. The second kappa shape index (κ2) is 11.9. The lowest BCUT2D eigenvalue weighted by Gasteiger charge is -2.22. The van der Waals surface area contributed by atoms with Gasteiger partial charge in [0.2, 0.25) is 0 Å². The molecule has 0 fully saturated rings. The third kappa shape index (κ3) is 7.31. The van der Waals surface area contributed by atoms with Crippen molar-refractivity contribution >= 4 is 47.4 Å². The van der Waals surface area contributed by atoms with Gasteiger partial charge in [-0.15, -0.1) is 24.0 Å². The van der Waals surface area contributed by atoms with E-state index in [-0.39, 0.29) is 29.9 Å². The fourth-order valence-corrected chi connectivity index (χ4v) is 2.71. The zero-order valence-corrected chi connectivity index (χ0v) is 19.9. The predicted molar refractivity (Wildman–Crippen MR) is 128 cm³/mol. The van der Waals surface area contributed by atoms with Gasteiger partial charge < -0.3 is 15.1 Å². The molecule has 1 amide bonds. The van der Waals surface area contributed by atoms with E-state index in [0.29, 0.717) is 12.1 Å². The van der Waals surface area contributed by atoms with Crippen LogP contribution in [0.25, 0.3) is 0 Å². The van der Waals surface area contributed by atoms with Crippen LogP contribution in [0, 0.1) is 0 Å². The lowest BCUT2D eigenvalue weighted by atomic mass is 10.1. The van der Waals surface area contributed by atoms with Crippen molar-refractivity contribution in [1.82, 2.24) is 15.1 Å². The lowest BCUT2D eigenvalue weighted by molar-refractivity contribution is 0.0827. The summed E-state index contributed by atoms with van der Waals surface area (Å²) >= 11 is 5.95.